The lowest BCUT2D eigenvalue weighted by Crippen LogP contribution is -2.13. The summed E-state index contributed by atoms with van der Waals surface area (Å²) in [5.41, 5.74) is 1.48. The zero-order valence-corrected chi connectivity index (χ0v) is 7.36. The largest absolute Gasteiger partial charge is 0.387 e. The highest BCUT2D eigenvalue weighted by atomic mass is 32.2. The molecule has 0 aromatic heterocycles. The maximum absolute atomic E-state index is 3.25. The lowest BCUT2D eigenvalue weighted by Gasteiger charge is -2.13. The van der Waals surface area contributed by atoms with E-state index in [1.807, 2.05) is 0 Å². The average Bonchev–Trinajstić information content (AvgIpc) is 2.58. The van der Waals surface area contributed by atoms with Crippen LogP contribution in [0.15, 0.2) is 23.9 Å². The number of hydrogen-bond donors (Lipinski definition) is 1. The van der Waals surface area contributed by atoms with E-state index in [1.165, 1.54) is 24.2 Å². The maximum Gasteiger partial charge on any atom is 0.0328 e. The number of rotatable bonds is 1. The predicted octanol–water partition coefficient (Wildman–Crippen LogP) is 1.93. The molecule has 0 spiro atoms. The van der Waals surface area contributed by atoms with Crippen molar-refractivity contribution in [2.45, 2.75) is 18.1 Å². The first-order valence-electron chi connectivity index (χ1n) is 4.18. The van der Waals surface area contributed by atoms with Gasteiger partial charge in [0.25, 0.3) is 0 Å². The van der Waals surface area contributed by atoms with Crippen molar-refractivity contribution < 1.29 is 0 Å². The van der Waals surface area contributed by atoms with Crippen LogP contribution in [0.2, 0.25) is 0 Å². The number of dihydropyridines is 1. The predicted molar refractivity (Wildman–Crippen MR) is 50.7 cm³/mol. The molecule has 1 saturated heterocycles. The van der Waals surface area contributed by atoms with Gasteiger partial charge >= 0.3 is 0 Å². The van der Waals surface area contributed by atoms with Crippen molar-refractivity contribution in [3.05, 3.63) is 23.9 Å². The van der Waals surface area contributed by atoms with E-state index in [0.717, 1.165) is 11.8 Å². The van der Waals surface area contributed by atoms with Gasteiger partial charge in [0.2, 0.25) is 0 Å². The summed E-state index contributed by atoms with van der Waals surface area (Å²) in [5.74, 6) is 1.34. The Bertz CT molecular complexity index is 190. The second-order valence-corrected chi connectivity index (χ2v) is 4.27. The van der Waals surface area contributed by atoms with Gasteiger partial charge in [-0.3, -0.25) is 0 Å². The second kappa shape index (κ2) is 3.35. The van der Waals surface area contributed by atoms with Crippen LogP contribution in [0.4, 0.5) is 0 Å². The molecule has 0 saturated carbocycles. The fraction of sp³-hybridized carbons (Fsp3) is 0.556. The van der Waals surface area contributed by atoms with Gasteiger partial charge in [-0.2, -0.15) is 11.8 Å². The van der Waals surface area contributed by atoms with Gasteiger partial charge in [-0.15, -0.1) is 0 Å². The highest BCUT2D eigenvalue weighted by Gasteiger charge is 2.18. The Morgan fingerprint density at radius 3 is 3.18 bits per heavy atom. The van der Waals surface area contributed by atoms with Crippen molar-refractivity contribution in [1.29, 1.82) is 0 Å². The minimum absolute atomic E-state index is 0.777. The lowest BCUT2D eigenvalue weighted by molar-refractivity contribution is 0.841. The third-order valence-corrected chi connectivity index (χ3v) is 3.55. The topological polar surface area (TPSA) is 12.0 Å². The van der Waals surface area contributed by atoms with Gasteiger partial charge in [0, 0.05) is 18.0 Å². The molecule has 0 radical (unpaired) electrons. The molecule has 1 nitrogen and oxygen atoms in total. The number of hydrogen-bond acceptors (Lipinski definition) is 2. The first kappa shape index (κ1) is 7.29. The van der Waals surface area contributed by atoms with Crippen molar-refractivity contribution in [3.63, 3.8) is 0 Å². The molecule has 2 aliphatic heterocycles. The lowest BCUT2D eigenvalue weighted by atomic mass is 10.1. The summed E-state index contributed by atoms with van der Waals surface area (Å²) >= 11 is 2.09. The Morgan fingerprint density at radius 1 is 1.55 bits per heavy atom. The van der Waals surface area contributed by atoms with E-state index >= 15 is 0 Å². The Hall–Kier alpha value is -0.370. The fourth-order valence-electron chi connectivity index (χ4n) is 1.53. The molecule has 11 heavy (non-hydrogen) atoms. The van der Waals surface area contributed by atoms with E-state index in [4.69, 9.17) is 0 Å². The van der Waals surface area contributed by atoms with E-state index < -0.39 is 0 Å². The van der Waals surface area contributed by atoms with E-state index in [2.05, 4.69) is 35.4 Å². The van der Waals surface area contributed by atoms with Crippen LogP contribution in [0.25, 0.3) is 0 Å². The Morgan fingerprint density at radius 2 is 2.55 bits per heavy atom. The standard InChI is InChI=1S/C9H13NS/c1-3-8(7-10-5-1)9-4-2-6-11-9/h1,3,7,9-10H,2,4-6H2. The molecule has 60 valence electrons. The van der Waals surface area contributed by atoms with Crippen LogP contribution in [0.3, 0.4) is 0 Å². The molecule has 1 unspecified atom stereocenters. The van der Waals surface area contributed by atoms with E-state index in [1.54, 1.807) is 0 Å². The molecule has 0 aromatic rings. The van der Waals surface area contributed by atoms with Gasteiger partial charge in [-0.1, -0.05) is 12.2 Å². The quantitative estimate of drug-likeness (QED) is 0.640. The molecule has 2 aliphatic rings. The summed E-state index contributed by atoms with van der Waals surface area (Å²) in [5, 5.41) is 4.03. The molecule has 0 aromatic carbocycles. The monoisotopic (exact) mass is 167 g/mol. The van der Waals surface area contributed by atoms with Crippen LogP contribution in [0.1, 0.15) is 12.8 Å². The van der Waals surface area contributed by atoms with Gasteiger partial charge in [-0.25, -0.2) is 0 Å². The summed E-state index contributed by atoms with van der Waals surface area (Å²) in [6.07, 6.45) is 9.39. The molecule has 0 amide bonds. The third kappa shape index (κ3) is 1.62. The van der Waals surface area contributed by atoms with Gasteiger partial charge < -0.3 is 5.32 Å². The van der Waals surface area contributed by atoms with Crippen LogP contribution in [0, 0.1) is 0 Å². The highest BCUT2D eigenvalue weighted by molar-refractivity contribution is 8.00. The first-order valence-corrected chi connectivity index (χ1v) is 5.23. The van der Waals surface area contributed by atoms with Crippen LogP contribution in [-0.4, -0.2) is 17.5 Å². The second-order valence-electron chi connectivity index (χ2n) is 2.96. The van der Waals surface area contributed by atoms with Crippen molar-refractivity contribution in [2.24, 2.45) is 0 Å². The molecule has 2 rings (SSSR count). The fourth-order valence-corrected chi connectivity index (χ4v) is 2.82. The number of allylic oxidation sites excluding steroid dienone is 1. The smallest absolute Gasteiger partial charge is 0.0328 e. The van der Waals surface area contributed by atoms with Crippen LogP contribution in [0.5, 0.6) is 0 Å². The summed E-state index contributed by atoms with van der Waals surface area (Å²) in [6, 6.07) is 0. The summed E-state index contributed by atoms with van der Waals surface area (Å²) in [4.78, 5) is 0. The Labute approximate surface area is 71.9 Å². The van der Waals surface area contributed by atoms with Crippen molar-refractivity contribution in [1.82, 2.24) is 5.32 Å². The number of thioether (sulfide) groups is 1. The molecule has 1 N–H and O–H groups in total. The van der Waals surface area contributed by atoms with Crippen LogP contribution < -0.4 is 5.32 Å². The van der Waals surface area contributed by atoms with Gasteiger partial charge in [-0.05, 0) is 24.2 Å². The minimum Gasteiger partial charge on any atom is -0.387 e. The molecule has 2 heteroatoms. The van der Waals surface area contributed by atoms with Crippen molar-refractivity contribution in [2.75, 3.05) is 12.3 Å². The van der Waals surface area contributed by atoms with Gasteiger partial charge in [0.05, 0.1) is 0 Å². The van der Waals surface area contributed by atoms with Gasteiger partial charge in [0.15, 0.2) is 0 Å². The molecule has 1 fully saturated rings. The zero-order valence-electron chi connectivity index (χ0n) is 6.55. The van der Waals surface area contributed by atoms with E-state index in [0.29, 0.717) is 0 Å². The molecule has 0 aliphatic carbocycles. The van der Waals surface area contributed by atoms with E-state index in [9.17, 15) is 0 Å². The molecule has 2 heterocycles. The summed E-state index contributed by atoms with van der Waals surface area (Å²) < 4.78 is 0. The normalized spacial score (nSPS) is 29.8. The highest BCUT2D eigenvalue weighted by Crippen LogP contribution is 2.32. The summed E-state index contributed by atoms with van der Waals surface area (Å²) in [7, 11) is 0. The molecular formula is C9H13NS. The Kier molecular flexibility index (Phi) is 2.22. The average molecular weight is 167 g/mol. The van der Waals surface area contributed by atoms with Crippen molar-refractivity contribution >= 4 is 11.8 Å². The number of nitrogens with one attached hydrogen (secondary N) is 1. The van der Waals surface area contributed by atoms with Crippen LogP contribution in [-0.2, 0) is 0 Å². The van der Waals surface area contributed by atoms with Crippen molar-refractivity contribution in [3.8, 4) is 0 Å². The van der Waals surface area contributed by atoms with Gasteiger partial charge in [0.1, 0.15) is 0 Å². The maximum atomic E-state index is 3.25. The Balaban J connectivity index is 2.02. The molecule has 0 bridgehead atoms. The third-order valence-electron chi connectivity index (χ3n) is 2.12. The van der Waals surface area contributed by atoms with Crippen LogP contribution >= 0.6 is 11.8 Å². The first-order chi connectivity index (χ1) is 5.47. The minimum atomic E-state index is 0.777. The summed E-state index contributed by atoms with van der Waals surface area (Å²) in [6.45, 7) is 1.00. The zero-order chi connectivity index (χ0) is 7.52. The molecular weight excluding hydrogens is 154 g/mol. The van der Waals surface area contributed by atoms with E-state index in [-0.39, 0.29) is 0 Å². The molecule has 1 atom stereocenters. The SMILES string of the molecule is C1=CC(C2CCCS2)=CNC1.